The minimum absolute atomic E-state index is 0.0648. The third-order valence-electron chi connectivity index (χ3n) is 3.83. The molecule has 0 saturated carbocycles. The minimum atomic E-state index is -0.0648. The Labute approximate surface area is 142 Å². The molecule has 24 heavy (non-hydrogen) atoms. The van der Waals surface area contributed by atoms with Crippen molar-refractivity contribution in [1.29, 1.82) is 0 Å². The van der Waals surface area contributed by atoms with Gasteiger partial charge in [-0.25, -0.2) is 4.98 Å². The van der Waals surface area contributed by atoms with Gasteiger partial charge in [0.15, 0.2) is 0 Å². The van der Waals surface area contributed by atoms with E-state index in [0.717, 1.165) is 22.6 Å². The van der Waals surface area contributed by atoms with Gasteiger partial charge in [-0.1, -0.05) is 6.07 Å². The Hall–Kier alpha value is -2.25. The highest BCUT2D eigenvalue weighted by molar-refractivity contribution is 5.89. The summed E-state index contributed by atoms with van der Waals surface area (Å²) in [6.45, 7) is 7.62. The Morgan fingerprint density at radius 3 is 2.79 bits per heavy atom. The summed E-state index contributed by atoms with van der Waals surface area (Å²) in [5, 5.41) is 19.5. The zero-order valence-corrected chi connectivity index (χ0v) is 14.5. The van der Waals surface area contributed by atoms with E-state index in [2.05, 4.69) is 20.7 Å². The molecule has 0 aliphatic carbocycles. The molecule has 0 aliphatic heterocycles. The van der Waals surface area contributed by atoms with Crippen molar-refractivity contribution in [3.63, 3.8) is 0 Å². The second kappa shape index (κ2) is 8.56. The summed E-state index contributed by atoms with van der Waals surface area (Å²) in [6.07, 6.45) is 0.374. The molecule has 0 aliphatic rings. The van der Waals surface area contributed by atoms with Gasteiger partial charge in [-0.05, 0) is 32.9 Å². The summed E-state index contributed by atoms with van der Waals surface area (Å²) in [5.41, 5.74) is 3.98. The van der Waals surface area contributed by atoms with E-state index in [1.165, 1.54) is 0 Å². The van der Waals surface area contributed by atoms with Gasteiger partial charge < -0.3 is 15.7 Å². The van der Waals surface area contributed by atoms with Crippen molar-refractivity contribution in [2.45, 2.75) is 40.3 Å². The molecule has 7 nitrogen and oxygen atoms in total. The smallest absolute Gasteiger partial charge is 0.226 e. The Morgan fingerprint density at radius 2 is 2.08 bits per heavy atom. The van der Waals surface area contributed by atoms with Crippen molar-refractivity contribution in [3.8, 4) is 0 Å². The number of hydrogen-bond donors (Lipinski definition) is 3. The Morgan fingerprint density at radius 1 is 1.29 bits per heavy atom. The zero-order valence-electron chi connectivity index (χ0n) is 14.5. The molecule has 130 valence electrons. The van der Waals surface area contributed by atoms with E-state index in [9.17, 15) is 4.79 Å². The fraction of sp³-hybridized carbons (Fsp3) is 0.471. The van der Waals surface area contributed by atoms with E-state index < -0.39 is 0 Å². The van der Waals surface area contributed by atoms with Crippen LogP contribution in [-0.4, -0.2) is 38.9 Å². The van der Waals surface area contributed by atoms with Crippen molar-refractivity contribution in [2.75, 3.05) is 18.5 Å². The summed E-state index contributed by atoms with van der Waals surface area (Å²) in [5.74, 6) is 0.516. The van der Waals surface area contributed by atoms with Crippen molar-refractivity contribution in [3.05, 3.63) is 40.8 Å². The van der Waals surface area contributed by atoms with Gasteiger partial charge >= 0.3 is 0 Å². The van der Waals surface area contributed by atoms with Crippen LogP contribution < -0.4 is 10.6 Å². The predicted octanol–water partition coefficient (Wildman–Crippen LogP) is 1.31. The maximum atomic E-state index is 11.9. The number of aliphatic hydroxyl groups is 1. The first-order valence-electron chi connectivity index (χ1n) is 8.09. The number of aliphatic hydroxyl groups excluding tert-OH is 1. The van der Waals surface area contributed by atoms with Crippen LogP contribution in [0.15, 0.2) is 18.2 Å². The van der Waals surface area contributed by atoms with Crippen molar-refractivity contribution >= 4 is 11.7 Å². The maximum Gasteiger partial charge on any atom is 0.226 e. The number of hydrogen-bond acceptors (Lipinski definition) is 5. The Bertz CT molecular complexity index is 696. The molecule has 7 heteroatoms. The van der Waals surface area contributed by atoms with Crippen molar-refractivity contribution in [2.24, 2.45) is 0 Å². The number of aromatic nitrogens is 3. The molecular weight excluding hydrogens is 306 g/mol. The first-order chi connectivity index (χ1) is 11.5. The molecule has 2 aromatic rings. The average Bonchev–Trinajstić information content (AvgIpc) is 2.79. The lowest BCUT2D eigenvalue weighted by molar-refractivity contribution is -0.116. The van der Waals surface area contributed by atoms with Gasteiger partial charge in [0.1, 0.15) is 5.82 Å². The zero-order chi connectivity index (χ0) is 17.5. The van der Waals surface area contributed by atoms with E-state index in [0.29, 0.717) is 31.9 Å². The van der Waals surface area contributed by atoms with Crippen LogP contribution >= 0.6 is 0 Å². The molecule has 0 bridgehead atoms. The van der Waals surface area contributed by atoms with Crippen molar-refractivity contribution < 1.29 is 9.90 Å². The monoisotopic (exact) mass is 331 g/mol. The minimum Gasteiger partial charge on any atom is -0.394 e. The quantitative estimate of drug-likeness (QED) is 0.635. The highest BCUT2D eigenvalue weighted by Gasteiger charge is 2.11. The number of amides is 1. The molecule has 2 rings (SSSR count). The first kappa shape index (κ1) is 18.1. The van der Waals surface area contributed by atoms with Gasteiger partial charge in [0.2, 0.25) is 5.91 Å². The van der Waals surface area contributed by atoms with Gasteiger partial charge in [0.05, 0.1) is 18.8 Å². The van der Waals surface area contributed by atoms with E-state index >= 15 is 0 Å². The van der Waals surface area contributed by atoms with E-state index in [1.807, 2.05) is 37.6 Å². The molecule has 0 saturated heterocycles. The summed E-state index contributed by atoms with van der Waals surface area (Å²) in [7, 11) is 0. The molecule has 2 heterocycles. The molecule has 2 aromatic heterocycles. The number of carbonyl (C=O) groups is 1. The van der Waals surface area contributed by atoms with Gasteiger partial charge in [-0.15, -0.1) is 0 Å². The molecule has 0 unspecified atom stereocenters. The van der Waals surface area contributed by atoms with Crippen LogP contribution in [0.5, 0.6) is 0 Å². The van der Waals surface area contributed by atoms with Gasteiger partial charge in [0, 0.05) is 36.5 Å². The number of nitrogens with one attached hydrogen (secondary N) is 2. The van der Waals surface area contributed by atoms with Crippen molar-refractivity contribution in [1.82, 2.24) is 20.1 Å². The topological polar surface area (TPSA) is 92.1 Å². The predicted molar refractivity (Wildman–Crippen MR) is 92.7 cm³/mol. The van der Waals surface area contributed by atoms with Crippen LogP contribution in [0.4, 0.5) is 5.82 Å². The highest BCUT2D eigenvalue weighted by Crippen LogP contribution is 2.12. The largest absolute Gasteiger partial charge is 0.394 e. The number of anilines is 1. The van der Waals surface area contributed by atoms with Gasteiger partial charge in [0.25, 0.3) is 0 Å². The van der Waals surface area contributed by atoms with Gasteiger partial charge in [-0.3, -0.25) is 9.48 Å². The lowest BCUT2D eigenvalue weighted by atomic mass is 10.2. The normalized spacial score (nSPS) is 10.8. The summed E-state index contributed by atoms with van der Waals surface area (Å²) < 4.78 is 1.81. The van der Waals surface area contributed by atoms with E-state index in [1.54, 1.807) is 6.07 Å². The number of nitrogens with zero attached hydrogens (tertiary/aromatic N) is 3. The third-order valence-corrected chi connectivity index (χ3v) is 3.83. The lowest BCUT2D eigenvalue weighted by Crippen LogP contribution is -2.22. The fourth-order valence-corrected chi connectivity index (χ4v) is 2.54. The summed E-state index contributed by atoms with van der Waals surface area (Å²) in [4.78, 5) is 16.2. The number of aryl methyl sites for hydroxylation is 2. The maximum absolute atomic E-state index is 11.9. The van der Waals surface area contributed by atoms with Crippen LogP contribution in [0, 0.1) is 20.8 Å². The molecule has 3 N–H and O–H groups in total. The van der Waals surface area contributed by atoms with Crippen LogP contribution in [0.25, 0.3) is 0 Å². The first-order valence-corrected chi connectivity index (χ1v) is 8.09. The second-order valence-electron chi connectivity index (χ2n) is 5.74. The number of pyridine rings is 1. The SMILES string of the molecule is Cc1cccc(NC(=O)CCNCc2c(C)nn(CCO)c2C)n1. The lowest BCUT2D eigenvalue weighted by Gasteiger charge is -2.07. The Balaban J connectivity index is 1.77. The molecule has 0 spiro atoms. The van der Waals surface area contributed by atoms with E-state index in [-0.39, 0.29) is 12.5 Å². The molecular formula is C17H25N5O2. The molecule has 0 aromatic carbocycles. The fourth-order valence-electron chi connectivity index (χ4n) is 2.54. The number of rotatable bonds is 8. The number of carbonyl (C=O) groups excluding carboxylic acids is 1. The van der Waals surface area contributed by atoms with Crippen LogP contribution in [-0.2, 0) is 17.9 Å². The highest BCUT2D eigenvalue weighted by atomic mass is 16.3. The Kier molecular flexibility index (Phi) is 6.45. The third kappa shape index (κ3) is 4.87. The molecule has 0 fully saturated rings. The summed E-state index contributed by atoms with van der Waals surface area (Å²) in [6, 6.07) is 5.53. The summed E-state index contributed by atoms with van der Waals surface area (Å²) >= 11 is 0. The second-order valence-corrected chi connectivity index (χ2v) is 5.74. The molecule has 0 atom stereocenters. The standard InChI is InChI=1S/C17H25N5O2/c1-12-5-4-6-16(19-12)20-17(24)7-8-18-11-15-13(2)21-22(9-10-23)14(15)3/h4-6,18,23H,7-11H2,1-3H3,(H,19,20,24). The molecule has 0 radical (unpaired) electrons. The van der Waals surface area contributed by atoms with Crippen LogP contribution in [0.2, 0.25) is 0 Å². The van der Waals surface area contributed by atoms with E-state index in [4.69, 9.17) is 5.11 Å². The van der Waals surface area contributed by atoms with Crippen LogP contribution in [0.1, 0.15) is 29.1 Å². The average molecular weight is 331 g/mol. The van der Waals surface area contributed by atoms with Gasteiger partial charge in [-0.2, -0.15) is 5.10 Å². The van der Waals surface area contributed by atoms with Crippen LogP contribution in [0.3, 0.4) is 0 Å². The molecule has 1 amide bonds.